The van der Waals surface area contributed by atoms with Crippen molar-refractivity contribution < 1.29 is 47.0 Å². The van der Waals surface area contributed by atoms with Gasteiger partial charge >= 0.3 is 13.7 Å². The summed E-state index contributed by atoms with van der Waals surface area (Å²) in [6.45, 7) is 0.222. The van der Waals surface area contributed by atoms with E-state index in [2.05, 4.69) is 15.1 Å². The molecule has 1 fully saturated rings. The number of allylic oxidation sites excluding steroid dienone is 1. The number of esters is 1. The average Bonchev–Trinajstić information content (AvgIpc) is 3.29. The summed E-state index contributed by atoms with van der Waals surface area (Å²) < 4.78 is 52.2. The minimum atomic E-state index is -4.68. The van der Waals surface area contributed by atoms with Crippen molar-refractivity contribution in [3.63, 3.8) is 0 Å². The van der Waals surface area contributed by atoms with Gasteiger partial charge in [-0.3, -0.25) is 23.8 Å². The predicted octanol–water partition coefficient (Wildman–Crippen LogP) is 4.44. The number of rotatable bonds is 12. The third-order valence-corrected chi connectivity index (χ3v) is 8.83. The van der Waals surface area contributed by atoms with Crippen LogP contribution in [-0.2, 0) is 39.6 Å². The highest BCUT2D eigenvalue weighted by Gasteiger charge is 2.59. The van der Waals surface area contributed by atoms with E-state index in [-0.39, 0.29) is 12.4 Å². The number of alkyl halides is 1. The molecule has 3 aromatic carbocycles. The number of ketones is 1. The molecule has 1 amide bonds. The number of fused-ring (bicyclic) bond motifs is 1. The van der Waals surface area contributed by atoms with Gasteiger partial charge in [-0.1, -0.05) is 71.8 Å². The van der Waals surface area contributed by atoms with Crippen LogP contribution in [0.25, 0.3) is 21.2 Å². The highest BCUT2D eigenvalue weighted by molar-refractivity contribution is 7.52. The zero-order valence-electron chi connectivity index (χ0n) is 24.3. The van der Waals surface area contributed by atoms with Gasteiger partial charge in [-0.25, -0.2) is 8.96 Å². The fourth-order valence-electron chi connectivity index (χ4n) is 4.85. The van der Waals surface area contributed by atoms with E-state index in [1.807, 2.05) is 0 Å². The fraction of sp³-hybridized carbons (Fsp3) is 0.300. The topological polar surface area (TPSA) is 189 Å². The van der Waals surface area contributed by atoms with Crippen LogP contribution in [0.15, 0.2) is 90.2 Å². The largest absolute Gasteiger partial charge is 0.460 e. The van der Waals surface area contributed by atoms with Gasteiger partial charge in [0.25, 0.3) is 0 Å². The number of azide groups is 1. The molecule has 0 bridgehead atoms. The molecule has 1 unspecified atom stereocenters. The van der Waals surface area contributed by atoms with Crippen LogP contribution in [0.4, 0.5) is 4.39 Å². The Morgan fingerprint density at radius 3 is 2.65 bits per heavy atom. The summed E-state index contributed by atoms with van der Waals surface area (Å²) in [6, 6.07) is 19.5. The summed E-state index contributed by atoms with van der Waals surface area (Å²) in [5, 5.41) is 18.0. The molecule has 0 saturated carbocycles. The van der Waals surface area contributed by atoms with E-state index >= 15 is 4.39 Å². The van der Waals surface area contributed by atoms with Crippen LogP contribution in [0, 0.1) is 0 Å². The molecule has 16 heteroatoms. The van der Waals surface area contributed by atoms with E-state index in [0.717, 1.165) is 22.6 Å². The summed E-state index contributed by atoms with van der Waals surface area (Å²) in [5.41, 5.74) is 7.46. The number of carbonyl (C=O) groups excluding carboxylic acids is 3. The SMILES string of the molecule is C[C@H](NP(=O)(OC[C@@]1(N=[N+]=[N-])O[C@@H](N2C=CC(=O)CC2=O)[C@H](F)[C@@H]1O)Oc1cccc2ccccc12)C(=O)OCc1ccccc1. The van der Waals surface area contributed by atoms with E-state index in [1.54, 1.807) is 66.7 Å². The molecule has 0 aromatic heterocycles. The second kappa shape index (κ2) is 13.8. The molecular weight excluding hydrogens is 624 g/mol. The lowest BCUT2D eigenvalue weighted by Crippen LogP contribution is -2.45. The average molecular weight is 654 g/mol. The van der Waals surface area contributed by atoms with Gasteiger partial charge in [0.15, 0.2) is 18.2 Å². The Bertz CT molecular complexity index is 1750. The maximum atomic E-state index is 15.4. The molecule has 2 aliphatic rings. The zero-order valence-corrected chi connectivity index (χ0v) is 25.2. The van der Waals surface area contributed by atoms with Crippen molar-refractivity contribution in [1.82, 2.24) is 9.99 Å². The molecule has 0 aliphatic carbocycles. The summed E-state index contributed by atoms with van der Waals surface area (Å²) in [7, 11) is -4.68. The number of hydrogen-bond acceptors (Lipinski definition) is 10. The smallest absolute Gasteiger partial charge is 0.459 e. The molecule has 5 rings (SSSR count). The lowest BCUT2D eigenvalue weighted by molar-refractivity contribution is -0.157. The van der Waals surface area contributed by atoms with E-state index in [0.29, 0.717) is 10.9 Å². The lowest BCUT2D eigenvalue weighted by atomic mass is 10.1. The molecule has 6 atom stereocenters. The Balaban J connectivity index is 1.41. The van der Waals surface area contributed by atoms with Crippen LogP contribution >= 0.6 is 7.75 Å². The molecular formula is C30H29FN5O9P. The summed E-state index contributed by atoms with van der Waals surface area (Å²) in [5.74, 6) is -2.07. The van der Waals surface area contributed by atoms with E-state index in [4.69, 9.17) is 18.5 Å². The number of aliphatic hydroxyl groups is 1. The van der Waals surface area contributed by atoms with Crippen molar-refractivity contribution in [2.24, 2.45) is 5.11 Å². The third kappa shape index (κ3) is 7.10. The van der Waals surface area contributed by atoms with Crippen LogP contribution in [0.3, 0.4) is 0 Å². The molecule has 1 saturated heterocycles. The standard InChI is InChI=1S/C30H29FN5O9P/c1-19(29(40)42-17-20-8-3-2-4-9-20)33-46(41,45-24-13-7-11-21-10-5-6-12-23(21)24)43-18-30(34-35-32)27(39)26(31)28(44-30)36-15-14-22(37)16-25(36)38/h2-15,19,26-28,39H,16-18H2,1H3,(H,33,41)/t19-,26+,27-,28+,30+,46?/m0/s1. The van der Waals surface area contributed by atoms with Crippen molar-refractivity contribution in [3.8, 4) is 5.75 Å². The molecule has 14 nitrogen and oxygen atoms in total. The quantitative estimate of drug-likeness (QED) is 0.0706. The monoisotopic (exact) mass is 653 g/mol. The van der Waals surface area contributed by atoms with Gasteiger partial charge in [-0.15, -0.1) is 0 Å². The number of nitrogens with zero attached hydrogens (tertiary/aromatic N) is 4. The lowest BCUT2D eigenvalue weighted by Gasteiger charge is -2.31. The number of aliphatic hydroxyl groups excluding tert-OH is 1. The summed E-state index contributed by atoms with van der Waals surface area (Å²) >= 11 is 0. The minimum Gasteiger partial charge on any atom is -0.460 e. The van der Waals surface area contributed by atoms with Crippen molar-refractivity contribution in [3.05, 3.63) is 101 Å². The molecule has 0 spiro atoms. The van der Waals surface area contributed by atoms with Crippen LogP contribution in [-0.4, -0.2) is 64.5 Å². The van der Waals surface area contributed by atoms with Gasteiger partial charge in [0, 0.05) is 16.5 Å². The maximum absolute atomic E-state index is 15.4. The second-order valence-corrected chi connectivity index (χ2v) is 12.2. The van der Waals surface area contributed by atoms with Crippen molar-refractivity contribution in [2.75, 3.05) is 6.61 Å². The molecule has 2 N–H and O–H groups in total. The Morgan fingerprint density at radius 2 is 1.91 bits per heavy atom. The first kappa shape index (κ1) is 32.8. The van der Waals surface area contributed by atoms with Gasteiger partial charge < -0.3 is 19.1 Å². The van der Waals surface area contributed by atoms with Crippen molar-refractivity contribution in [1.29, 1.82) is 0 Å². The highest BCUT2D eigenvalue weighted by Crippen LogP contribution is 2.49. The molecule has 2 heterocycles. The van der Waals surface area contributed by atoms with Gasteiger partial charge in [0.05, 0.1) is 13.0 Å². The number of halogens is 1. The van der Waals surface area contributed by atoms with Crippen LogP contribution in [0.1, 0.15) is 18.9 Å². The molecule has 2 aliphatic heterocycles. The Hall–Kier alpha value is -4.62. The van der Waals surface area contributed by atoms with E-state index in [9.17, 15) is 29.6 Å². The highest BCUT2D eigenvalue weighted by atomic mass is 31.2. The Morgan fingerprint density at radius 1 is 1.20 bits per heavy atom. The normalized spacial score (nSPS) is 24.7. The Labute approximate surface area is 261 Å². The number of benzene rings is 3. The van der Waals surface area contributed by atoms with E-state index in [1.165, 1.54) is 13.0 Å². The first-order valence-electron chi connectivity index (χ1n) is 14.0. The van der Waals surface area contributed by atoms with Gasteiger partial charge in [0.1, 0.15) is 24.5 Å². The first-order valence-corrected chi connectivity index (χ1v) is 15.6. The zero-order chi connectivity index (χ0) is 32.9. The van der Waals surface area contributed by atoms with Gasteiger partial charge in [-0.2, -0.15) is 5.09 Å². The van der Waals surface area contributed by atoms with Crippen molar-refractivity contribution in [2.45, 2.75) is 50.2 Å². The van der Waals surface area contributed by atoms with Gasteiger partial charge in [0.2, 0.25) is 11.6 Å². The Kier molecular flexibility index (Phi) is 9.82. The number of nitrogens with one attached hydrogen (secondary N) is 1. The first-order chi connectivity index (χ1) is 22.0. The molecule has 3 aromatic rings. The van der Waals surface area contributed by atoms with Crippen molar-refractivity contribution >= 4 is 36.2 Å². The second-order valence-electron chi connectivity index (χ2n) is 10.5. The molecule has 240 valence electrons. The summed E-state index contributed by atoms with van der Waals surface area (Å²) in [6.07, 6.45) is -4.92. The number of ether oxygens (including phenoxy) is 2. The van der Waals surface area contributed by atoms with Crippen LogP contribution in [0.2, 0.25) is 0 Å². The van der Waals surface area contributed by atoms with Crippen LogP contribution < -0.4 is 9.61 Å². The van der Waals surface area contributed by atoms with Crippen LogP contribution in [0.5, 0.6) is 5.75 Å². The molecule has 46 heavy (non-hydrogen) atoms. The number of amides is 1. The van der Waals surface area contributed by atoms with E-state index < -0.39 is 68.7 Å². The predicted molar refractivity (Wildman–Crippen MR) is 160 cm³/mol. The minimum absolute atomic E-state index is 0.0738. The van der Waals surface area contributed by atoms with Gasteiger partial charge in [-0.05, 0) is 35.5 Å². The maximum Gasteiger partial charge on any atom is 0.459 e. The molecule has 0 radical (unpaired) electrons. The fourth-order valence-corrected chi connectivity index (χ4v) is 6.39. The summed E-state index contributed by atoms with van der Waals surface area (Å²) in [4.78, 5) is 40.3. The third-order valence-electron chi connectivity index (χ3n) is 7.22. The number of carbonyl (C=O) groups is 3. The number of hydrogen-bond donors (Lipinski definition) is 2.